The van der Waals surface area contributed by atoms with Crippen molar-refractivity contribution in [3.63, 3.8) is 0 Å². The molecule has 0 spiro atoms. The van der Waals surface area contributed by atoms with E-state index in [0.29, 0.717) is 17.0 Å². The van der Waals surface area contributed by atoms with Crippen LogP contribution in [0.1, 0.15) is 31.7 Å². The van der Waals surface area contributed by atoms with Gasteiger partial charge in [-0.05, 0) is 74.4 Å². The van der Waals surface area contributed by atoms with Crippen molar-refractivity contribution in [2.45, 2.75) is 44.0 Å². The lowest BCUT2D eigenvalue weighted by Crippen LogP contribution is -2.27. The number of rotatable bonds is 11. The summed E-state index contributed by atoms with van der Waals surface area (Å²) in [6, 6.07) is 5.79. The summed E-state index contributed by atoms with van der Waals surface area (Å²) < 4.78 is 3.25. The van der Waals surface area contributed by atoms with Gasteiger partial charge in [-0.15, -0.1) is 0 Å². The van der Waals surface area contributed by atoms with Crippen molar-refractivity contribution in [3.05, 3.63) is 52.0 Å². The predicted octanol–water partition coefficient (Wildman–Crippen LogP) is 3.45. The molecule has 0 radical (unpaired) electrons. The average Bonchev–Trinajstić information content (AvgIpc) is 3.43. The zero-order chi connectivity index (χ0) is 21.6. The first-order valence-electron chi connectivity index (χ1n) is 9.51. The van der Waals surface area contributed by atoms with Crippen molar-refractivity contribution in [1.82, 2.24) is 9.62 Å². The Balaban J connectivity index is 2.32. The zero-order valence-corrected chi connectivity index (χ0v) is 18.9. The minimum atomic E-state index is -0.732. The molecule has 29 heavy (non-hydrogen) atoms. The van der Waals surface area contributed by atoms with Crippen molar-refractivity contribution in [3.8, 4) is 0 Å². The molecule has 0 aromatic heterocycles. The van der Waals surface area contributed by atoms with Gasteiger partial charge < -0.3 is 25.2 Å². The third-order valence-corrected chi connectivity index (χ3v) is 6.28. The van der Waals surface area contributed by atoms with E-state index in [2.05, 4.69) is 10.0 Å². The summed E-state index contributed by atoms with van der Waals surface area (Å²) in [6.45, 7) is 3.48. The molecule has 8 heteroatoms. The van der Waals surface area contributed by atoms with Gasteiger partial charge in [-0.3, -0.25) is 4.79 Å². The summed E-state index contributed by atoms with van der Waals surface area (Å²) in [6.07, 6.45) is 4.28. The Morgan fingerprint density at radius 3 is 2.62 bits per heavy atom. The monoisotopic (exact) mass is 439 g/mol. The first-order chi connectivity index (χ1) is 13.7. The molecule has 1 fully saturated rings. The molecule has 0 saturated heterocycles. The summed E-state index contributed by atoms with van der Waals surface area (Å²) in [7, 11) is 3.81. The third-order valence-electron chi connectivity index (χ3n) is 4.64. The van der Waals surface area contributed by atoms with E-state index in [1.54, 1.807) is 13.0 Å². The van der Waals surface area contributed by atoms with Gasteiger partial charge in [-0.1, -0.05) is 17.7 Å². The lowest BCUT2D eigenvalue weighted by molar-refractivity contribution is -0.104. The number of nitrogens with zero attached hydrogens (tertiary/aromatic N) is 1. The number of allylic oxidation sites excluding steroid dienone is 2. The second-order valence-electron chi connectivity index (χ2n) is 7.70. The highest BCUT2D eigenvalue weighted by atomic mass is 35.5. The van der Waals surface area contributed by atoms with Crippen LogP contribution in [0, 0.1) is 6.92 Å². The van der Waals surface area contributed by atoms with E-state index in [1.165, 1.54) is 11.9 Å². The Bertz CT molecular complexity index is 791. The first kappa shape index (κ1) is 23.6. The van der Waals surface area contributed by atoms with E-state index >= 15 is 0 Å². The highest BCUT2D eigenvalue weighted by Crippen LogP contribution is 2.51. The minimum absolute atomic E-state index is 0.116. The number of hydrogen-bond acceptors (Lipinski definition) is 7. The molecule has 4 N–H and O–H groups in total. The molecule has 2 rings (SSSR count). The molecular formula is C21H30ClN3O3S. The number of aryl methyl sites for hydroxylation is 1. The van der Waals surface area contributed by atoms with Crippen molar-refractivity contribution >= 4 is 35.5 Å². The number of hydrogen-bond donors (Lipinski definition) is 4. The van der Waals surface area contributed by atoms with Crippen LogP contribution in [0.15, 0.2) is 41.4 Å². The van der Waals surface area contributed by atoms with Gasteiger partial charge in [0.05, 0.1) is 29.1 Å². The van der Waals surface area contributed by atoms with Gasteiger partial charge in [0.15, 0.2) is 0 Å². The molecule has 0 amide bonds. The third kappa shape index (κ3) is 6.96. The number of aldehydes is 1. The Morgan fingerprint density at radius 2 is 2.10 bits per heavy atom. The van der Waals surface area contributed by atoms with E-state index in [-0.39, 0.29) is 11.4 Å². The highest BCUT2D eigenvalue weighted by molar-refractivity contribution is 7.99. The van der Waals surface area contributed by atoms with Gasteiger partial charge >= 0.3 is 0 Å². The standard InChI is InChI=1S/C21H30ClN3O3S/c1-14-5-6-18(17(22)9-14)23-20(25(3)4)19(10-15(2)12-26)24-29-21(7-8-21)11-16(28)13-27/h5-6,9-10,12,16,23-24,27-28H,7-8,11,13H2,1-4H3/b15-10-,20-19+. The Kier molecular flexibility index (Phi) is 8.46. The summed E-state index contributed by atoms with van der Waals surface area (Å²) in [5, 5.41) is 23.0. The molecule has 0 aliphatic heterocycles. The van der Waals surface area contributed by atoms with Gasteiger partial charge in [-0.2, -0.15) is 0 Å². The molecule has 0 bridgehead atoms. The molecule has 6 nitrogen and oxygen atoms in total. The molecule has 1 unspecified atom stereocenters. The molecule has 1 aliphatic rings. The van der Waals surface area contributed by atoms with E-state index in [1.807, 2.05) is 44.1 Å². The van der Waals surface area contributed by atoms with Crippen LogP contribution in [0.5, 0.6) is 0 Å². The molecule has 1 aromatic rings. The smallest absolute Gasteiger partial charge is 0.145 e. The van der Waals surface area contributed by atoms with Gasteiger partial charge in [0.25, 0.3) is 0 Å². The summed E-state index contributed by atoms with van der Waals surface area (Å²) in [5.74, 6) is 0.753. The summed E-state index contributed by atoms with van der Waals surface area (Å²) in [5.41, 5.74) is 3.13. The molecule has 1 saturated carbocycles. The minimum Gasteiger partial charge on any atom is -0.394 e. The normalized spacial score (nSPS) is 17.3. The molecular weight excluding hydrogens is 410 g/mol. The molecule has 0 heterocycles. The van der Waals surface area contributed by atoms with Crippen LogP contribution in [0.2, 0.25) is 5.02 Å². The maximum absolute atomic E-state index is 11.2. The van der Waals surface area contributed by atoms with E-state index in [4.69, 9.17) is 16.7 Å². The average molecular weight is 440 g/mol. The summed E-state index contributed by atoms with van der Waals surface area (Å²) in [4.78, 5) is 13.2. The van der Waals surface area contributed by atoms with Crippen LogP contribution in [0.25, 0.3) is 0 Å². The number of benzene rings is 1. The number of anilines is 1. The Morgan fingerprint density at radius 1 is 1.41 bits per heavy atom. The van der Waals surface area contributed by atoms with E-state index < -0.39 is 6.10 Å². The van der Waals surface area contributed by atoms with Crippen molar-refractivity contribution in [2.75, 3.05) is 26.0 Å². The lowest BCUT2D eigenvalue weighted by Gasteiger charge is -2.25. The fourth-order valence-corrected chi connectivity index (χ4v) is 4.17. The van der Waals surface area contributed by atoms with Crippen LogP contribution < -0.4 is 10.0 Å². The lowest BCUT2D eigenvalue weighted by atomic mass is 10.2. The Labute approximate surface area is 182 Å². The molecule has 1 aliphatic carbocycles. The van der Waals surface area contributed by atoms with Gasteiger partial charge in [0, 0.05) is 18.8 Å². The quantitative estimate of drug-likeness (QED) is 0.182. The van der Waals surface area contributed by atoms with Crippen LogP contribution in [0.3, 0.4) is 0 Å². The number of carbonyl (C=O) groups excluding carboxylic acids is 1. The number of nitrogens with one attached hydrogen (secondary N) is 2. The zero-order valence-electron chi connectivity index (χ0n) is 17.3. The maximum atomic E-state index is 11.2. The largest absolute Gasteiger partial charge is 0.394 e. The maximum Gasteiger partial charge on any atom is 0.145 e. The van der Waals surface area contributed by atoms with Crippen molar-refractivity contribution in [1.29, 1.82) is 0 Å². The number of carbonyl (C=O) groups is 1. The van der Waals surface area contributed by atoms with Gasteiger partial charge in [-0.25, -0.2) is 0 Å². The van der Waals surface area contributed by atoms with Crippen LogP contribution in [-0.4, -0.2) is 53.0 Å². The Hall–Kier alpha value is -1.67. The second kappa shape index (κ2) is 10.4. The van der Waals surface area contributed by atoms with E-state index in [9.17, 15) is 9.90 Å². The SMILES string of the molecule is C/C(C=O)=C/C(NSC1(CC(O)CO)CC1)=C(/Nc1ccc(C)cc1Cl)N(C)C. The number of aliphatic hydroxyl groups is 2. The van der Waals surface area contributed by atoms with Crippen molar-refractivity contribution < 1.29 is 15.0 Å². The van der Waals surface area contributed by atoms with Gasteiger partial charge in [0.1, 0.15) is 12.1 Å². The van der Waals surface area contributed by atoms with E-state index in [0.717, 1.165) is 41.9 Å². The number of halogens is 1. The van der Waals surface area contributed by atoms with Crippen molar-refractivity contribution in [2.24, 2.45) is 0 Å². The molecule has 1 atom stereocenters. The fourth-order valence-electron chi connectivity index (χ4n) is 2.82. The topological polar surface area (TPSA) is 84.8 Å². The molecule has 160 valence electrons. The fraction of sp³-hybridized carbons (Fsp3) is 0.476. The predicted molar refractivity (Wildman–Crippen MR) is 121 cm³/mol. The van der Waals surface area contributed by atoms with Crippen LogP contribution >= 0.6 is 23.5 Å². The number of aliphatic hydroxyl groups excluding tert-OH is 2. The van der Waals surface area contributed by atoms with Gasteiger partial charge in [0.2, 0.25) is 0 Å². The summed E-state index contributed by atoms with van der Waals surface area (Å²) >= 11 is 7.91. The highest BCUT2D eigenvalue weighted by Gasteiger charge is 2.45. The van der Waals surface area contributed by atoms with Crippen LogP contribution in [-0.2, 0) is 4.79 Å². The molecule has 1 aromatic carbocycles. The second-order valence-corrected chi connectivity index (χ2v) is 9.38. The van der Waals surface area contributed by atoms with Crippen LogP contribution in [0.4, 0.5) is 5.69 Å². The first-order valence-corrected chi connectivity index (χ1v) is 10.7.